The quantitative estimate of drug-likeness (QED) is 0.559. The van der Waals surface area contributed by atoms with Crippen LogP contribution in [0.2, 0.25) is 0 Å². The Balaban J connectivity index is 1.10. The summed E-state index contributed by atoms with van der Waals surface area (Å²) in [6.45, 7) is 3.76. The van der Waals surface area contributed by atoms with Crippen LogP contribution in [0.1, 0.15) is 17.5 Å². The molecule has 33 heavy (non-hydrogen) atoms. The van der Waals surface area contributed by atoms with E-state index in [9.17, 15) is 14.4 Å². The number of amides is 3. The third kappa shape index (κ3) is 3.19. The predicted molar refractivity (Wildman–Crippen MR) is 122 cm³/mol. The Morgan fingerprint density at radius 1 is 0.939 bits per heavy atom. The van der Waals surface area contributed by atoms with Gasteiger partial charge in [0.15, 0.2) is 0 Å². The van der Waals surface area contributed by atoms with Crippen LogP contribution in [0.5, 0.6) is 11.5 Å². The molecule has 6 heteroatoms. The lowest BCUT2D eigenvalue weighted by molar-refractivity contribution is -0.142. The monoisotopic (exact) mass is 442 g/mol. The molecular formula is C27H26N2O4. The number of aryl methyl sites for hydroxylation is 2. The number of carbonyl (C=O) groups excluding carboxylic acids is 3. The molecule has 7 rings (SSSR count). The maximum Gasteiger partial charge on any atom is 0.244 e. The van der Waals surface area contributed by atoms with Crippen molar-refractivity contribution < 1.29 is 19.1 Å². The second-order valence-corrected chi connectivity index (χ2v) is 9.81. The summed E-state index contributed by atoms with van der Waals surface area (Å²) in [6, 6.07) is 13.1. The second-order valence-electron chi connectivity index (χ2n) is 9.81. The summed E-state index contributed by atoms with van der Waals surface area (Å²) in [5, 5.41) is 2.80. The smallest absolute Gasteiger partial charge is 0.244 e. The van der Waals surface area contributed by atoms with Gasteiger partial charge in [-0.05, 0) is 79.3 Å². The minimum Gasteiger partial charge on any atom is -0.457 e. The molecule has 0 radical (unpaired) electrons. The van der Waals surface area contributed by atoms with Crippen LogP contribution < -0.4 is 10.1 Å². The number of allylic oxidation sites excluding steroid dienone is 2. The molecule has 3 fully saturated rings. The van der Waals surface area contributed by atoms with E-state index in [1.54, 1.807) is 24.3 Å². The van der Waals surface area contributed by atoms with Gasteiger partial charge < -0.3 is 10.1 Å². The Kier molecular flexibility index (Phi) is 4.47. The first kappa shape index (κ1) is 20.2. The number of anilines is 1. The fourth-order valence-corrected chi connectivity index (χ4v) is 6.20. The van der Waals surface area contributed by atoms with Crippen molar-refractivity contribution in [1.82, 2.24) is 4.90 Å². The van der Waals surface area contributed by atoms with E-state index in [0.717, 1.165) is 23.3 Å². The number of ether oxygens (including phenoxy) is 1. The van der Waals surface area contributed by atoms with Gasteiger partial charge in [0, 0.05) is 5.69 Å². The molecule has 2 aromatic carbocycles. The van der Waals surface area contributed by atoms with Gasteiger partial charge in [-0.15, -0.1) is 0 Å². The van der Waals surface area contributed by atoms with E-state index in [1.165, 1.54) is 4.90 Å². The number of imide groups is 1. The van der Waals surface area contributed by atoms with Crippen molar-refractivity contribution >= 4 is 23.4 Å². The SMILES string of the molecule is Cc1cccc(C)c1Oc1ccc(NC(=O)CN2C(=O)[C@@H]3[C@H]4C=C[C@@H]([C@@H]5C[C@H]45)[C@@H]3C2=O)cc1. The molecule has 2 saturated carbocycles. The number of likely N-dealkylation sites (tertiary alicyclic amines) is 1. The lowest BCUT2D eigenvalue weighted by Gasteiger charge is -2.37. The lowest BCUT2D eigenvalue weighted by atomic mass is 9.63. The van der Waals surface area contributed by atoms with Crippen molar-refractivity contribution in [2.24, 2.45) is 35.5 Å². The first-order valence-electron chi connectivity index (χ1n) is 11.6. The standard InChI is InChI=1S/C27H26N2O4/c1-14-4-3-5-15(2)25(14)33-17-8-6-16(7-9-17)28-22(30)13-29-26(31)23-18-10-11-19(21-12-20(18)21)24(23)27(29)32/h3-11,18-21,23-24H,12-13H2,1-2H3,(H,28,30)/t18-,19-,20-,21+,23-,24+/m0/s1. The maximum atomic E-state index is 13.0. The summed E-state index contributed by atoms with van der Waals surface area (Å²) in [5.74, 6) is 1.65. The molecule has 6 atom stereocenters. The van der Waals surface area contributed by atoms with Crippen LogP contribution in [-0.2, 0) is 14.4 Å². The van der Waals surface area contributed by atoms with Gasteiger partial charge in [0.1, 0.15) is 18.0 Å². The molecule has 0 aromatic heterocycles. The molecule has 168 valence electrons. The van der Waals surface area contributed by atoms with Crippen LogP contribution >= 0.6 is 0 Å². The molecule has 1 N–H and O–H groups in total. The first-order valence-corrected chi connectivity index (χ1v) is 11.6. The van der Waals surface area contributed by atoms with Crippen molar-refractivity contribution in [1.29, 1.82) is 0 Å². The molecule has 1 aliphatic heterocycles. The first-order chi connectivity index (χ1) is 15.9. The highest BCUT2D eigenvalue weighted by Crippen LogP contribution is 2.65. The highest BCUT2D eigenvalue weighted by molar-refractivity contribution is 6.09. The topological polar surface area (TPSA) is 75.7 Å². The Bertz CT molecular complexity index is 1140. The van der Waals surface area contributed by atoms with Gasteiger partial charge in [-0.2, -0.15) is 0 Å². The van der Waals surface area contributed by atoms with Crippen LogP contribution in [0.3, 0.4) is 0 Å². The number of para-hydroxylation sites is 1. The lowest BCUT2D eigenvalue weighted by Crippen LogP contribution is -2.40. The van der Waals surface area contributed by atoms with Gasteiger partial charge in [0.05, 0.1) is 11.8 Å². The molecule has 2 bridgehead atoms. The van der Waals surface area contributed by atoms with Gasteiger partial charge in [0.25, 0.3) is 0 Å². The van der Waals surface area contributed by atoms with Crippen LogP contribution in [0, 0.1) is 49.4 Å². The van der Waals surface area contributed by atoms with Gasteiger partial charge in [-0.3, -0.25) is 19.3 Å². The summed E-state index contributed by atoms with van der Waals surface area (Å²) in [7, 11) is 0. The Hall–Kier alpha value is -3.41. The molecule has 4 aliphatic carbocycles. The van der Waals surface area contributed by atoms with Crippen LogP contribution in [0.25, 0.3) is 0 Å². The van der Waals surface area contributed by atoms with Crippen LogP contribution in [0.4, 0.5) is 5.69 Å². The number of benzene rings is 2. The molecule has 0 spiro atoms. The van der Waals surface area contributed by atoms with Crippen LogP contribution in [-0.4, -0.2) is 29.2 Å². The van der Waals surface area contributed by atoms with Gasteiger partial charge in [0.2, 0.25) is 17.7 Å². The number of nitrogens with one attached hydrogen (secondary N) is 1. The number of rotatable bonds is 5. The fourth-order valence-electron chi connectivity index (χ4n) is 6.20. The molecule has 2 aromatic rings. The van der Waals surface area contributed by atoms with E-state index in [4.69, 9.17) is 4.74 Å². The third-order valence-electron chi connectivity index (χ3n) is 7.82. The average Bonchev–Trinajstić information content (AvgIpc) is 3.59. The number of nitrogens with zero attached hydrogens (tertiary/aromatic N) is 1. The van der Waals surface area contributed by atoms with Crippen LogP contribution in [0.15, 0.2) is 54.6 Å². The fraction of sp³-hybridized carbons (Fsp3) is 0.370. The highest BCUT2D eigenvalue weighted by atomic mass is 16.5. The van der Waals surface area contributed by atoms with Crippen molar-refractivity contribution in [3.05, 3.63) is 65.7 Å². The van der Waals surface area contributed by atoms with Crippen molar-refractivity contribution in [3.63, 3.8) is 0 Å². The summed E-state index contributed by atoms with van der Waals surface area (Å²) in [5.41, 5.74) is 2.69. The number of hydrogen-bond donors (Lipinski definition) is 1. The molecule has 3 amide bonds. The number of carbonyl (C=O) groups is 3. The van der Waals surface area contributed by atoms with Gasteiger partial charge in [-0.1, -0.05) is 30.4 Å². The summed E-state index contributed by atoms with van der Waals surface area (Å²) >= 11 is 0. The minimum absolute atomic E-state index is 0.166. The predicted octanol–water partition coefficient (Wildman–Crippen LogP) is 4.09. The highest BCUT2D eigenvalue weighted by Gasteiger charge is 2.67. The largest absolute Gasteiger partial charge is 0.457 e. The molecule has 1 saturated heterocycles. The molecular weight excluding hydrogens is 416 g/mol. The summed E-state index contributed by atoms with van der Waals surface area (Å²) in [6.07, 6.45) is 5.40. The number of hydrogen-bond acceptors (Lipinski definition) is 4. The maximum absolute atomic E-state index is 13.0. The van der Waals surface area contributed by atoms with E-state index in [-0.39, 0.29) is 47.9 Å². The second kappa shape index (κ2) is 7.30. The molecule has 1 heterocycles. The van der Waals surface area contributed by atoms with E-state index in [2.05, 4.69) is 17.5 Å². The van der Waals surface area contributed by atoms with E-state index in [0.29, 0.717) is 23.3 Å². The summed E-state index contributed by atoms with van der Waals surface area (Å²) < 4.78 is 6.01. The van der Waals surface area contributed by atoms with Crippen molar-refractivity contribution in [2.75, 3.05) is 11.9 Å². The molecule has 5 aliphatic rings. The van der Waals surface area contributed by atoms with Crippen molar-refractivity contribution in [3.8, 4) is 11.5 Å². The van der Waals surface area contributed by atoms with Crippen molar-refractivity contribution in [2.45, 2.75) is 20.3 Å². The zero-order valence-electron chi connectivity index (χ0n) is 18.7. The average molecular weight is 443 g/mol. The zero-order chi connectivity index (χ0) is 22.9. The normalized spacial score (nSPS) is 30.8. The third-order valence-corrected chi connectivity index (χ3v) is 7.82. The summed E-state index contributed by atoms with van der Waals surface area (Å²) in [4.78, 5) is 39.9. The molecule has 0 unspecified atom stereocenters. The Morgan fingerprint density at radius 3 is 2.09 bits per heavy atom. The van der Waals surface area contributed by atoms with Gasteiger partial charge in [-0.25, -0.2) is 0 Å². The Labute approximate surface area is 192 Å². The van der Waals surface area contributed by atoms with E-state index in [1.807, 2.05) is 32.0 Å². The van der Waals surface area contributed by atoms with Gasteiger partial charge >= 0.3 is 0 Å². The zero-order valence-corrected chi connectivity index (χ0v) is 18.7. The Morgan fingerprint density at radius 2 is 1.52 bits per heavy atom. The minimum atomic E-state index is -0.371. The van der Waals surface area contributed by atoms with E-state index >= 15 is 0 Å². The van der Waals surface area contributed by atoms with E-state index < -0.39 is 0 Å². The molecule has 6 nitrogen and oxygen atoms in total.